The van der Waals surface area contributed by atoms with Crippen LogP contribution in [0, 0.1) is 18.3 Å². The zero-order valence-corrected chi connectivity index (χ0v) is 11.0. The highest BCUT2D eigenvalue weighted by Crippen LogP contribution is 2.33. The minimum Gasteiger partial charge on any atom is -0.372 e. The van der Waals surface area contributed by atoms with Crippen LogP contribution in [0.5, 0.6) is 0 Å². The number of pyridine rings is 1. The van der Waals surface area contributed by atoms with E-state index >= 15 is 0 Å². The molecule has 0 amide bonds. The van der Waals surface area contributed by atoms with Gasteiger partial charge in [0.25, 0.3) is 0 Å². The Hall–Kier alpha value is -1.57. The molecule has 0 aliphatic rings. The van der Waals surface area contributed by atoms with Crippen molar-refractivity contribution in [2.75, 3.05) is 12.4 Å². The average molecular weight is 264 g/mol. The molecule has 0 saturated heterocycles. The molecule has 0 bridgehead atoms. The number of thiophene rings is 1. The third kappa shape index (κ3) is 2.26. The number of hydrogen-bond donors (Lipinski definition) is 1. The first-order chi connectivity index (χ1) is 8.15. The Morgan fingerprint density at radius 3 is 2.76 bits per heavy atom. The maximum absolute atomic E-state index is 8.99. The van der Waals surface area contributed by atoms with Gasteiger partial charge in [-0.2, -0.15) is 5.26 Å². The Labute approximate surface area is 109 Å². The second kappa shape index (κ2) is 4.74. The van der Waals surface area contributed by atoms with Crippen molar-refractivity contribution in [1.82, 2.24) is 4.98 Å². The van der Waals surface area contributed by atoms with Crippen LogP contribution >= 0.6 is 22.9 Å². The average Bonchev–Trinajstić information content (AvgIpc) is 2.75. The van der Waals surface area contributed by atoms with Crippen molar-refractivity contribution in [3.05, 3.63) is 33.7 Å². The fourth-order valence-electron chi connectivity index (χ4n) is 1.58. The number of nitrogens with one attached hydrogen (secondary N) is 1. The van der Waals surface area contributed by atoms with Crippen molar-refractivity contribution in [1.29, 1.82) is 5.26 Å². The smallest absolute Gasteiger partial charge is 0.144 e. The molecule has 0 saturated carbocycles. The first-order valence-electron chi connectivity index (χ1n) is 5.01. The van der Waals surface area contributed by atoms with E-state index in [0.717, 1.165) is 20.5 Å². The number of hydrogen-bond acceptors (Lipinski definition) is 4. The lowest BCUT2D eigenvalue weighted by Crippen LogP contribution is -1.99. The van der Waals surface area contributed by atoms with Crippen molar-refractivity contribution in [2.45, 2.75) is 6.92 Å². The van der Waals surface area contributed by atoms with Crippen LogP contribution < -0.4 is 5.32 Å². The van der Waals surface area contributed by atoms with Gasteiger partial charge >= 0.3 is 0 Å². The van der Waals surface area contributed by atoms with Crippen LogP contribution in [0.2, 0.25) is 4.34 Å². The summed E-state index contributed by atoms with van der Waals surface area (Å²) < 4.78 is 0.733. The molecule has 0 spiro atoms. The van der Waals surface area contributed by atoms with Gasteiger partial charge < -0.3 is 5.32 Å². The third-order valence-electron chi connectivity index (χ3n) is 2.38. The maximum atomic E-state index is 8.99. The van der Waals surface area contributed by atoms with Gasteiger partial charge in [-0.25, -0.2) is 4.98 Å². The van der Waals surface area contributed by atoms with Gasteiger partial charge in [0.15, 0.2) is 0 Å². The summed E-state index contributed by atoms with van der Waals surface area (Å²) in [7, 11) is 1.75. The lowest BCUT2D eigenvalue weighted by atomic mass is 10.1. The highest BCUT2D eigenvalue weighted by Gasteiger charge is 2.11. The van der Waals surface area contributed by atoms with Crippen molar-refractivity contribution < 1.29 is 0 Å². The van der Waals surface area contributed by atoms with E-state index in [1.54, 1.807) is 7.05 Å². The van der Waals surface area contributed by atoms with Crippen molar-refractivity contribution in [2.24, 2.45) is 0 Å². The van der Waals surface area contributed by atoms with Gasteiger partial charge in [0.1, 0.15) is 11.9 Å². The molecule has 0 unspecified atom stereocenters. The molecule has 86 valence electrons. The highest BCUT2D eigenvalue weighted by atomic mass is 35.5. The number of aryl methyl sites for hydroxylation is 1. The zero-order chi connectivity index (χ0) is 12.4. The summed E-state index contributed by atoms with van der Waals surface area (Å²) in [6.07, 6.45) is 0. The number of nitrogens with zero attached hydrogens (tertiary/aromatic N) is 2. The van der Waals surface area contributed by atoms with Crippen LogP contribution in [0.25, 0.3) is 10.6 Å². The van der Waals surface area contributed by atoms with E-state index < -0.39 is 0 Å². The van der Waals surface area contributed by atoms with Crippen LogP contribution in [0.3, 0.4) is 0 Å². The largest absolute Gasteiger partial charge is 0.372 e. The first kappa shape index (κ1) is 11.9. The van der Waals surface area contributed by atoms with Crippen LogP contribution in [0.4, 0.5) is 5.82 Å². The molecule has 3 nitrogen and oxygen atoms in total. The monoisotopic (exact) mass is 263 g/mol. The van der Waals surface area contributed by atoms with Crippen LogP contribution in [-0.4, -0.2) is 12.0 Å². The molecule has 0 radical (unpaired) electrons. The van der Waals surface area contributed by atoms with E-state index in [4.69, 9.17) is 16.9 Å². The third-order valence-corrected chi connectivity index (χ3v) is 3.61. The van der Waals surface area contributed by atoms with Crippen LogP contribution in [0.15, 0.2) is 18.2 Å². The molecule has 17 heavy (non-hydrogen) atoms. The Morgan fingerprint density at radius 1 is 1.47 bits per heavy atom. The zero-order valence-electron chi connectivity index (χ0n) is 9.41. The standard InChI is InChI=1S/C12H10ClN3S/c1-7-5-8(6-14)12(15-2)16-11(7)9-3-4-10(13)17-9/h3-5H,1-2H3,(H,15,16). The SMILES string of the molecule is CNc1nc(-c2ccc(Cl)s2)c(C)cc1C#N. The molecule has 0 aliphatic heterocycles. The summed E-state index contributed by atoms with van der Waals surface area (Å²) in [6, 6.07) is 7.74. The van der Waals surface area contributed by atoms with E-state index in [1.165, 1.54) is 11.3 Å². The second-order valence-electron chi connectivity index (χ2n) is 3.52. The Bertz CT molecular complexity index is 598. The summed E-state index contributed by atoms with van der Waals surface area (Å²) in [5, 5.41) is 11.9. The molecule has 0 fully saturated rings. The minimum atomic E-state index is 0.552. The molecule has 5 heteroatoms. The van der Waals surface area contributed by atoms with E-state index in [2.05, 4.69) is 16.4 Å². The van der Waals surface area contributed by atoms with E-state index in [1.807, 2.05) is 25.1 Å². The predicted molar refractivity (Wildman–Crippen MR) is 71.6 cm³/mol. The second-order valence-corrected chi connectivity index (χ2v) is 5.23. The van der Waals surface area contributed by atoms with Gasteiger partial charge in [-0.15, -0.1) is 11.3 Å². The summed E-state index contributed by atoms with van der Waals surface area (Å²) in [6.45, 7) is 1.94. The minimum absolute atomic E-state index is 0.552. The Morgan fingerprint density at radius 2 is 2.24 bits per heavy atom. The van der Waals surface area contributed by atoms with Gasteiger partial charge in [0, 0.05) is 7.05 Å². The molecule has 0 aromatic carbocycles. The van der Waals surface area contributed by atoms with Gasteiger partial charge in [-0.3, -0.25) is 0 Å². The van der Waals surface area contributed by atoms with E-state index in [-0.39, 0.29) is 0 Å². The number of aromatic nitrogens is 1. The molecule has 2 rings (SSSR count). The summed E-state index contributed by atoms with van der Waals surface area (Å²) in [5.41, 5.74) is 2.39. The number of nitriles is 1. The summed E-state index contributed by atoms with van der Waals surface area (Å²) >= 11 is 7.40. The van der Waals surface area contributed by atoms with E-state index in [0.29, 0.717) is 11.4 Å². The highest BCUT2D eigenvalue weighted by molar-refractivity contribution is 7.19. The number of anilines is 1. The molecule has 0 aliphatic carbocycles. The molecule has 1 N–H and O–H groups in total. The van der Waals surface area contributed by atoms with Gasteiger partial charge in [0.2, 0.25) is 0 Å². The van der Waals surface area contributed by atoms with Crippen LogP contribution in [-0.2, 0) is 0 Å². The first-order valence-corrected chi connectivity index (χ1v) is 6.20. The normalized spacial score (nSPS) is 10.0. The lowest BCUT2D eigenvalue weighted by Gasteiger charge is -2.07. The molecule has 2 aromatic heterocycles. The number of halogens is 1. The number of rotatable bonds is 2. The van der Waals surface area contributed by atoms with Crippen molar-refractivity contribution >= 4 is 28.8 Å². The Balaban J connectivity index is 2.60. The predicted octanol–water partition coefficient (Wildman–Crippen LogP) is 3.69. The van der Waals surface area contributed by atoms with Gasteiger partial charge in [-0.05, 0) is 30.7 Å². The molecule has 2 heterocycles. The lowest BCUT2D eigenvalue weighted by molar-refractivity contribution is 1.24. The Kier molecular flexibility index (Phi) is 3.32. The topological polar surface area (TPSA) is 48.7 Å². The fourth-order valence-corrected chi connectivity index (χ4v) is 2.68. The molecule has 0 atom stereocenters. The van der Waals surface area contributed by atoms with E-state index in [9.17, 15) is 0 Å². The fraction of sp³-hybridized carbons (Fsp3) is 0.167. The summed E-state index contributed by atoms with van der Waals surface area (Å²) in [4.78, 5) is 5.47. The van der Waals surface area contributed by atoms with Crippen molar-refractivity contribution in [3.8, 4) is 16.6 Å². The van der Waals surface area contributed by atoms with Gasteiger partial charge in [-0.1, -0.05) is 11.6 Å². The summed E-state index contributed by atoms with van der Waals surface area (Å²) in [5.74, 6) is 0.595. The molecular formula is C12H10ClN3S. The van der Waals surface area contributed by atoms with Gasteiger partial charge in [0.05, 0.1) is 20.5 Å². The maximum Gasteiger partial charge on any atom is 0.144 e. The van der Waals surface area contributed by atoms with Crippen molar-refractivity contribution in [3.63, 3.8) is 0 Å². The molecular weight excluding hydrogens is 254 g/mol. The molecule has 2 aromatic rings. The van der Waals surface area contributed by atoms with Crippen LogP contribution in [0.1, 0.15) is 11.1 Å². The quantitative estimate of drug-likeness (QED) is 0.899.